The van der Waals surface area contributed by atoms with Gasteiger partial charge in [0, 0.05) is 39.9 Å². The summed E-state index contributed by atoms with van der Waals surface area (Å²) >= 11 is 0. The molecule has 0 aliphatic rings. The highest BCUT2D eigenvalue weighted by atomic mass is 16.9. The number of rotatable bonds is 28. The van der Waals surface area contributed by atoms with Gasteiger partial charge in [-0.1, -0.05) is 51.4 Å². The van der Waals surface area contributed by atoms with Crippen molar-refractivity contribution in [3.8, 4) is 0 Å². The predicted octanol–water partition coefficient (Wildman–Crippen LogP) is 5.31. The lowest BCUT2D eigenvalue weighted by Crippen LogP contribution is -2.39. The number of nitrogens with one attached hydrogen (secondary N) is 1. The minimum Gasteiger partial charge on any atom is -0.382 e. The van der Waals surface area contributed by atoms with Crippen molar-refractivity contribution in [3.05, 3.63) is 0 Å². The van der Waals surface area contributed by atoms with Crippen molar-refractivity contribution >= 4 is 0 Å². The summed E-state index contributed by atoms with van der Waals surface area (Å²) in [5.41, 5.74) is 0. The van der Waals surface area contributed by atoms with E-state index in [0.29, 0.717) is 46.2 Å². The van der Waals surface area contributed by atoms with Crippen LogP contribution in [0.3, 0.4) is 0 Å². The zero-order valence-corrected chi connectivity index (χ0v) is 22.3. The van der Waals surface area contributed by atoms with Gasteiger partial charge in [-0.15, -0.1) is 0 Å². The average molecular weight is 478 g/mol. The first-order valence-corrected chi connectivity index (χ1v) is 13.5. The molecule has 33 heavy (non-hydrogen) atoms. The highest BCUT2D eigenvalue weighted by Crippen LogP contribution is 2.24. The number of ether oxygens (including phenoxy) is 6. The fourth-order valence-corrected chi connectivity index (χ4v) is 3.74. The van der Waals surface area contributed by atoms with Crippen LogP contribution in [-0.2, 0) is 28.4 Å². The molecule has 7 nitrogen and oxygen atoms in total. The minimum absolute atomic E-state index is 0.607. The third-order valence-corrected chi connectivity index (χ3v) is 5.41. The monoisotopic (exact) mass is 477 g/mol. The maximum absolute atomic E-state index is 5.79. The standard InChI is InChI=1S/C26H55NO6/c1-5-31-26(32-6-2,33-7-3)18-16-14-12-10-8-9-11-13-15-17-19-27-20-21-29-24-25-30-23-22-28-4/h27H,5-25H2,1-4H3. The zero-order valence-electron chi connectivity index (χ0n) is 22.3. The normalized spacial score (nSPS) is 12.0. The van der Waals surface area contributed by atoms with E-state index in [1.54, 1.807) is 7.11 Å². The number of hydrogen-bond donors (Lipinski definition) is 1. The SMILES string of the molecule is CCOC(CCCCCCCCCCCCNCCOCCOCCOC)(OCC)OCC. The second-order valence-corrected chi connectivity index (χ2v) is 8.24. The van der Waals surface area contributed by atoms with Crippen molar-refractivity contribution < 1.29 is 28.4 Å². The Bertz CT molecular complexity index is 356. The molecule has 0 amide bonds. The first-order chi connectivity index (χ1) is 16.2. The van der Waals surface area contributed by atoms with Gasteiger partial charge in [0.05, 0.1) is 33.0 Å². The molecule has 0 spiro atoms. The van der Waals surface area contributed by atoms with Gasteiger partial charge in [-0.25, -0.2) is 0 Å². The van der Waals surface area contributed by atoms with Crippen molar-refractivity contribution in [1.82, 2.24) is 5.32 Å². The molecule has 0 bridgehead atoms. The lowest BCUT2D eigenvalue weighted by atomic mass is 10.1. The van der Waals surface area contributed by atoms with Crippen LogP contribution in [-0.4, -0.2) is 79.0 Å². The van der Waals surface area contributed by atoms with Crippen LogP contribution >= 0.6 is 0 Å². The lowest BCUT2D eigenvalue weighted by Gasteiger charge is -2.32. The average Bonchev–Trinajstić information content (AvgIpc) is 2.80. The van der Waals surface area contributed by atoms with E-state index in [9.17, 15) is 0 Å². The molecular weight excluding hydrogens is 422 g/mol. The van der Waals surface area contributed by atoms with Crippen LogP contribution in [0.2, 0.25) is 0 Å². The van der Waals surface area contributed by atoms with Gasteiger partial charge in [0.15, 0.2) is 0 Å². The van der Waals surface area contributed by atoms with E-state index in [4.69, 9.17) is 28.4 Å². The molecule has 0 aliphatic carbocycles. The van der Waals surface area contributed by atoms with Gasteiger partial charge in [-0.05, 0) is 40.2 Å². The molecule has 7 heteroatoms. The Labute approximate surface area is 204 Å². The number of unbranched alkanes of at least 4 members (excludes halogenated alkanes) is 9. The van der Waals surface area contributed by atoms with Gasteiger partial charge in [-0.3, -0.25) is 0 Å². The third-order valence-electron chi connectivity index (χ3n) is 5.41. The van der Waals surface area contributed by atoms with E-state index in [0.717, 1.165) is 32.5 Å². The summed E-state index contributed by atoms with van der Waals surface area (Å²) in [6.07, 6.45) is 13.7. The molecule has 0 saturated heterocycles. The zero-order chi connectivity index (χ0) is 24.3. The first-order valence-electron chi connectivity index (χ1n) is 13.5. The van der Waals surface area contributed by atoms with Crippen molar-refractivity contribution in [2.45, 2.75) is 97.4 Å². The Kier molecular flexibility index (Phi) is 26.1. The topological polar surface area (TPSA) is 67.4 Å². The van der Waals surface area contributed by atoms with Crippen LogP contribution in [0.1, 0.15) is 91.4 Å². The van der Waals surface area contributed by atoms with Gasteiger partial charge in [0.1, 0.15) is 0 Å². The van der Waals surface area contributed by atoms with Gasteiger partial charge in [0.2, 0.25) is 0 Å². The largest absolute Gasteiger partial charge is 0.382 e. The van der Waals surface area contributed by atoms with Crippen molar-refractivity contribution in [3.63, 3.8) is 0 Å². The summed E-state index contributed by atoms with van der Waals surface area (Å²) in [5.74, 6) is -0.834. The molecule has 0 saturated carbocycles. The van der Waals surface area contributed by atoms with E-state index >= 15 is 0 Å². The van der Waals surface area contributed by atoms with Crippen LogP contribution in [0.15, 0.2) is 0 Å². The molecule has 0 unspecified atom stereocenters. The van der Waals surface area contributed by atoms with Crippen molar-refractivity contribution in [1.29, 1.82) is 0 Å². The predicted molar refractivity (Wildman–Crippen MR) is 135 cm³/mol. The molecule has 0 heterocycles. The summed E-state index contributed by atoms with van der Waals surface area (Å²) in [5, 5.41) is 3.45. The molecule has 1 N–H and O–H groups in total. The Balaban J connectivity index is 3.35. The molecule has 0 rings (SSSR count). The summed E-state index contributed by atoms with van der Waals surface area (Å²) in [6, 6.07) is 0. The van der Waals surface area contributed by atoms with Crippen molar-refractivity contribution in [2.24, 2.45) is 0 Å². The van der Waals surface area contributed by atoms with Crippen LogP contribution < -0.4 is 5.32 Å². The van der Waals surface area contributed by atoms with E-state index in [1.807, 2.05) is 20.8 Å². The van der Waals surface area contributed by atoms with E-state index in [-0.39, 0.29) is 0 Å². The number of methoxy groups -OCH3 is 1. The smallest absolute Gasteiger partial charge is 0.282 e. The van der Waals surface area contributed by atoms with Gasteiger partial charge in [-0.2, -0.15) is 0 Å². The molecule has 0 aromatic heterocycles. The Morgan fingerprint density at radius 1 is 0.515 bits per heavy atom. The summed E-state index contributed by atoms with van der Waals surface area (Å²) in [7, 11) is 1.68. The van der Waals surface area contributed by atoms with E-state index in [2.05, 4.69) is 5.32 Å². The van der Waals surface area contributed by atoms with Crippen LogP contribution in [0, 0.1) is 0 Å². The second kappa shape index (κ2) is 26.3. The Hall–Kier alpha value is -0.280. The van der Waals surface area contributed by atoms with Crippen LogP contribution in [0.5, 0.6) is 0 Å². The quantitative estimate of drug-likeness (QED) is 0.121. The Morgan fingerprint density at radius 2 is 0.970 bits per heavy atom. The molecular formula is C26H55NO6. The van der Waals surface area contributed by atoms with Gasteiger partial charge >= 0.3 is 0 Å². The maximum atomic E-state index is 5.79. The number of hydrogen-bond acceptors (Lipinski definition) is 7. The van der Waals surface area contributed by atoms with E-state index < -0.39 is 5.97 Å². The maximum Gasteiger partial charge on any atom is 0.282 e. The summed E-state index contributed by atoms with van der Waals surface area (Å²) in [4.78, 5) is 0. The first kappa shape index (κ1) is 32.7. The molecule has 0 aromatic rings. The second-order valence-electron chi connectivity index (χ2n) is 8.24. The molecule has 0 atom stereocenters. The third kappa shape index (κ3) is 22.0. The fourth-order valence-electron chi connectivity index (χ4n) is 3.74. The van der Waals surface area contributed by atoms with E-state index in [1.165, 1.54) is 57.8 Å². The highest BCUT2D eigenvalue weighted by molar-refractivity contribution is 4.59. The van der Waals surface area contributed by atoms with Crippen molar-refractivity contribution in [2.75, 3.05) is 73.1 Å². The van der Waals surface area contributed by atoms with Crippen LogP contribution in [0.4, 0.5) is 0 Å². The summed E-state index contributed by atoms with van der Waals surface area (Å²) in [6.45, 7) is 13.1. The molecule has 0 radical (unpaired) electrons. The highest BCUT2D eigenvalue weighted by Gasteiger charge is 2.31. The fraction of sp³-hybridized carbons (Fsp3) is 1.00. The molecule has 200 valence electrons. The lowest BCUT2D eigenvalue weighted by molar-refractivity contribution is -0.380. The molecule has 0 aliphatic heterocycles. The van der Waals surface area contributed by atoms with Gasteiger partial charge in [0.25, 0.3) is 5.97 Å². The summed E-state index contributed by atoms with van der Waals surface area (Å²) < 4.78 is 33.2. The Morgan fingerprint density at radius 3 is 1.48 bits per heavy atom. The molecule has 0 aromatic carbocycles. The van der Waals surface area contributed by atoms with Gasteiger partial charge < -0.3 is 33.7 Å². The minimum atomic E-state index is -0.834. The molecule has 0 fully saturated rings. The van der Waals surface area contributed by atoms with Crippen LogP contribution in [0.25, 0.3) is 0 Å².